The molecule has 0 radical (unpaired) electrons. The second-order valence-electron chi connectivity index (χ2n) is 3.35. The number of rotatable bonds is 2. The highest BCUT2D eigenvalue weighted by Crippen LogP contribution is 2.29. The van der Waals surface area contributed by atoms with E-state index in [-0.39, 0.29) is 0 Å². The Morgan fingerprint density at radius 3 is 2.69 bits per heavy atom. The van der Waals surface area contributed by atoms with Crippen LogP contribution in [0.1, 0.15) is 5.56 Å². The molecule has 0 saturated carbocycles. The number of anilines is 2. The van der Waals surface area contributed by atoms with Crippen LogP contribution >= 0.6 is 0 Å². The van der Waals surface area contributed by atoms with Gasteiger partial charge in [0.2, 0.25) is 0 Å². The number of hydrogen-bond acceptors (Lipinski definition) is 5. The molecule has 0 aliphatic heterocycles. The van der Waals surface area contributed by atoms with Crippen LogP contribution in [-0.2, 0) is 0 Å². The summed E-state index contributed by atoms with van der Waals surface area (Å²) >= 11 is 0. The average molecular weight is 216 g/mol. The molecular weight excluding hydrogens is 204 g/mol. The van der Waals surface area contributed by atoms with Crippen molar-refractivity contribution >= 4 is 22.9 Å². The molecule has 0 atom stereocenters. The number of hydrogen-bond donors (Lipinski definition) is 3. The number of benzene rings is 1. The number of nitrogens with one attached hydrogen (secondary N) is 1. The summed E-state index contributed by atoms with van der Waals surface area (Å²) in [5, 5.41) is 14.5. The molecule has 5 N–H and O–H groups in total. The van der Waals surface area contributed by atoms with E-state index in [4.69, 9.17) is 11.5 Å². The molecule has 0 aliphatic rings. The Morgan fingerprint density at radius 2 is 2.00 bits per heavy atom. The van der Waals surface area contributed by atoms with Crippen LogP contribution in [-0.4, -0.2) is 10.2 Å². The van der Waals surface area contributed by atoms with Gasteiger partial charge in [-0.15, -0.1) is 10.2 Å². The lowest BCUT2D eigenvalue weighted by atomic mass is 10.1. The highest BCUT2D eigenvalue weighted by Gasteiger charge is 2.03. The van der Waals surface area contributed by atoms with Crippen molar-refractivity contribution in [3.8, 4) is 0 Å². The normalized spacial score (nSPS) is 11.1. The van der Waals surface area contributed by atoms with Gasteiger partial charge in [-0.05, 0) is 19.1 Å². The van der Waals surface area contributed by atoms with E-state index in [1.807, 2.05) is 6.92 Å². The van der Waals surface area contributed by atoms with Crippen molar-refractivity contribution in [3.05, 3.63) is 30.0 Å². The van der Waals surface area contributed by atoms with E-state index in [1.165, 1.54) is 0 Å². The van der Waals surface area contributed by atoms with Gasteiger partial charge in [-0.2, -0.15) is 5.10 Å². The summed E-state index contributed by atoms with van der Waals surface area (Å²) in [7, 11) is 0. The Labute approximate surface area is 92.4 Å². The molecule has 1 aromatic heterocycles. The Hall–Kier alpha value is -2.37. The maximum absolute atomic E-state index is 5.78. The summed E-state index contributed by atoms with van der Waals surface area (Å²) in [5.41, 5.74) is 14.1. The minimum atomic E-state index is 0.543. The van der Waals surface area contributed by atoms with E-state index in [0.29, 0.717) is 22.9 Å². The van der Waals surface area contributed by atoms with Crippen molar-refractivity contribution in [1.29, 1.82) is 0 Å². The van der Waals surface area contributed by atoms with Gasteiger partial charge in [-0.1, -0.05) is 0 Å². The van der Waals surface area contributed by atoms with Gasteiger partial charge < -0.3 is 11.5 Å². The molecule has 1 heterocycles. The molecule has 6 heteroatoms. The molecular formula is C10H12N6. The summed E-state index contributed by atoms with van der Waals surface area (Å²) in [4.78, 5) is 0. The molecule has 6 nitrogen and oxygen atoms in total. The lowest BCUT2D eigenvalue weighted by Crippen LogP contribution is -1.96. The van der Waals surface area contributed by atoms with Crippen molar-refractivity contribution in [1.82, 2.24) is 10.2 Å². The second-order valence-corrected chi connectivity index (χ2v) is 3.35. The maximum Gasteiger partial charge on any atom is 0.170 e. The summed E-state index contributed by atoms with van der Waals surface area (Å²) in [5.74, 6) is 0.592. The highest BCUT2D eigenvalue weighted by atomic mass is 15.2. The standard InChI is InChI=1S/C10H12N6/c1-6-8(3-2-7(11)10(6)12)14-16-9-4-5-13-15-9/h2-5H,11-12H2,1H3,(H,13,15). The highest BCUT2D eigenvalue weighted by molar-refractivity contribution is 5.73. The van der Waals surface area contributed by atoms with Crippen LogP contribution in [0.5, 0.6) is 0 Å². The van der Waals surface area contributed by atoms with Crippen molar-refractivity contribution in [2.75, 3.05) is 11.5 Å². The van der Waals surface area contributed by atoms with Crippen molar-refractivity contribution in [2.24, 2.45) is 10.2 Å². The summed E-state index contributed by atoms with van der Waals surface area (Å²) < 4.78 is 0. The Kier molecular flexibility index (Phi) is 2.55. The molecule has 2 rings (SSSR count). The molecule has 2 aromatic rings. The van der Waals surface area contributed by atoms with E-state index in [1.54, 1.807) is 24.4 Å². The molecule has 16 heavy (non-hydrogen) atoms. The van der Waals surface area contributed by atoms with Crippen LogP contribution in [0.15, 0.2) is 34.6 Å². The van der Waals surface area contributed by atoms with E-state index in [0.717, 1.165) is 5.56 Å². The zero-order chi connectivity index (χ0) is 11.5. The van der Waals surface area contributed by atoms with Crippen LogP contribution in [0.25, 0.3) is 0 Å². The second kappa shape index (κ2) is 4.01. The van der Waals surface area contributed by atoms with E-state index in [2.05, 4.69) is 20.4 Å². The summed E-state index contributed by atoms with van der Waals surface area (Å²) in [6.07, 6.45) is 1.61. The molecule has 0 amide bonds. The number of aromatic nitrogens is 2. The number of aromatic amines is 1. The fourth-order valence-electron chi connectivity index (χ4n) is 1.26. The SMILES string of the molecule is Cc1c(N=Nc2ccn[nH]2)ccc(N)c1N. The van der Waals surface area contributed by atoms with Crippen LogP contribution < -0.4 is 11.5 Å². The minimum Gasteiger partial charge on any atom is -0.397 e. The Morgan fingerprint density at radius 1 is 1.19 bits per heavy atom. The lowest BCUT2D eigenvalue weighted by Gasteiger charge is -2.05. The molecule has 0 fully saturated rings. The van der Waals surface area contributed by atoms with Crippen molar-refractivity contribution < 1.29 is 0 Å². The minimum absolute atomic E-state index is 0.543. The van der Waals surface area contributed by atoms with E-state index < -0.39 is 0 Å². The van der Waals surface area contributed by atoms with Crippen LogP contribution in [0.2, 0.25) is 0 Å². The zero-order valence-electron chi connectivity index (χ0n) is 8.81. The first-order valence-corrected chi connectivity index (χ1v) is 4.74. The number of nitrogens with zero attached hydrogens (tertiary/aromatic N) is 3. The van der Waals surface area contributed by atoms with Gasteiger partial charge in [-0.25, -0.2) is 0 Å². The third-order valence-corrected chi connectivity index (χ3v) is 2.27. The number of azo groups is 1. The molecule has 0 aliphatic carbocycles. The van der Waals surface area contributed by atoms with Crippen molar-refractivity contribution in [3.63, 3.8) is 0 Å². The molecule has 0 saturated heterocycles. The number of nitrogen functional groups attached to an aromatic ring is 2. The van der Waals surface area contributed by atoms with Crippen LogP contribution in [0, 0.1) is 6.92 Å². The fraction of sp³-hybridized carbons (Fsp3) is 0.100. The monoisotopic (exact) mass is 216 g/mol. The largest absolute Gasteiger partial charge is 0.397 e. The number of nitrogens with two attached hydrogens (primary N) is 2. The zero-order valence-corrected chi connectivity index (χ0v) is 8.81. The third-order valence-electron chi connectivity index (χ3n) is 2.27. The smallest absolute Gasteiger partial charge is 0.170 e. The topological polar surface area (TPSA) is 105 Å². The van der Waals surface area contributed by atoms with Gasteiger partial charge in [0, 0.05) is 11.6 Å². The molecule has 1 aromatic carbocycles. The summed E-state index contributed by atoms with van der Waals surface area (Å²) in [6, 6.07) is 5.21. The predicted molar refractivity (Wildman–Crippen MR) is 62.8 cm³/mol. The van der Waals surface area contributed by atoms with Gasteiger partial charge in [0.1, 0.15) is 0 Å². The van der Waals surface area contributed by atoms with Gasteiger partial charge in [0.25, 0.3) is 0 Å². The van der Waals surface area contributed by atoms with Crippen LogP contribution in [0.4, 0.5) is 22.9 Å². The van der Waals surface area contributed by atoms with Gasteiger partial charge >= 0.3 is 0 Å². The van der Waals surface area contributed by atoms with Gasteiger partial charge in [0.15, 0.2) is 5.82 Å². The molecule has 82 valence electrons. The average Bonchev–Trinajstić information content (AvgIpc) is 2.78. The maximum atomic E-state index is 5.78. The predicted octanol–water partition coefficient (Wildman–Crippen LogP) is 2.30. The quantitative estimate of drug-likeness (QED) is 0.529. The first-order valence-electron chi connectivity index (χ1n) is 4.74. The van der Waals surface area contributed by atoms with Gasteiger partial charge in [-0.3, -0.25) is 5.10 Å². The first-order chi connectivity index (χ1) is 7.68. The Balaban J connectivity index is 2.32. The molecule has 0 spiro atoms. The van der Waals surface area contributed by atoms with Crippen molar-refractivity contribution in [2.45, 2.75) is 6.92 Å². The number of H-pyrrole nitrogens is 1. The summed E-state index contributed by atoms with van der Waals surface area (Å²) in [6.45, 7) is 1.85. The van der Waals surface area contributed by atoms with Gasteiger partial charge in [0.05, 0.1) is 23.3 Å². The fourth-order valence-corrected chi connectivity index (χ4v) is 1.26. The van der Waals surface area contributed by atoms with Crippen LogP contribution in [0.3, 0.4) is 0 Å². The lowest BCUT2D eigenvalue weighted by molar-refractivity contribution is 1.05. The molecule has 0 bridgehead atoms. The Bertz CT molecular complexity index is 514. The third kappa shape index (κ3) is 1.85. The first kappa shape index (κ1) is 10.2. The van der Waals surface area contributed by atoms with E-state index in [9.17, 15) is 0 Å². The molecule has 0 unspecified atom stereocenters. The van der Waals surface area contributed by atoms with E-state index >= 15 is 0 Å².